The predicted octanol–water partition coefficient (Wildman–Crippen LogP) is -2.20. The van der Waals surface area contributed by atoms with Crippen LogP contribution in [0.3, 0.4) is 0 Å². The van der Waals surface area contributed by atoms with E-state index in [4.69, 9.17) is 19.2 Å². The van der Waals surface area contributed by atoms with Gasteiger partial charge < -0.3 is 24.2 Å². The number of rotatable bonds is 0. The third kappa shape index (κ3) is 15.7. The van der Waals surface area contributed by atoms with Crippen LogP contribution < -0.4 is 0 Å². The van der Waals surface area contributed by atoms with Gasteiger partial charge in [0.1, 0.15) is 0 Å². The van der Waals surface area contributed by atoms with Crippen LogP contribution in [0.2, 0.25) is 0 Å². The van der Waals surface area contributed by atoms with E-state index in [2.05, 4.69) is 9.97 Å². The Morgan fingerprint density at radius 2 is 1.70 bits per heavy atom. The van der Waals surface area contributed by atoms with E-state index in [1.165, 1.54) is 0 Å². The predicted molar refractivity (Wildman–Crippen MR) is 33.2 cm³/mol. The maximum Gasteiger partial charge on any atom is 0.668 e. The van der Waals surface area contributed by atoms with Crippen LogP contribution in [-0.2, 0) is 0 Å². The smallest absolute Gasteiger partial charge is 0.368 e. The zero-order valence-electron chi connectivity index (χ0n) is 4.97. The van der Waals surface area contributed by atoms with E-state index in [9.17, 15) is 0 Å². The summed E-state index contributed by atoms with van der Waals surface area (Å²) < 4.78 is 0. The van der Waals surface area contributed by atoms with Crippen LogP contribution in [-0.4, -0.2) is 38.2 Å². The van der Waals surface area contributed by atoms with Crippen molar-refractivity contribution >= 4 is 9.05 Å². The molecule has 1 aromatic rings. The van der Waals surface area contributed by atoms with Gasteiger partial charge in [-0.25, -0.2) is 4.98 Å². The molecule has 1 rings (SSSR count). The standard InChI is InChI=1S/C3H4N2.H4O4Si/c1-2-5-3-4-1;1-5(2,3)4/h1-3H,(H,4,5);1-4H. The minimum Gasteiger partial charge on any atom is -0.368 e. The monoisotopic (exact) mass is 164 g/mol. The van der Waals surface area contributed by atoms with Crippen LogP contribution >= 0.6 is 0 Å². The van der Waals surface area contributed by atoms with E-state index >= 15 is 0 Å². The first kappa shape index (κ1) is 9.27. The van der Waals surface area contributed by atoms with Gasteiger partial charge in [-0.2, -0.15) is 0 Å². The third-order valence-corrected chi connectivity index (χ3v) is 0.406. The summed E-state index contributed by atoms with van der Waals surface area (Å²) in [7, 11) is -4.61. The summed E-state index contributed by atoms with van der Waals surface area (Å²) in [6.45, 7) is 0. The highest BCUT2D eigenvalue weighted by Crippen LogP contribution is 1.67. The first-order chi connectivity index (χ1) is 4.50. The van der Waals surface area contributed by atoms with Gasteiger partial charge in [-0.15, -0.1) is 0 Å². The molecule has 0 aromatic carbocycles. The van der Waals surface area contributed by atoms with Crippen molar-refractivity contribution < 1.29 is 19.2 Å². The topological polar surface area (TPSA) is 110 Å². The molecule has 7 heteroatoms. The Balaban J connectivity index is 0.000000162. The molecule has 0 spiro atoms. The number of hydrogen-bond donors (Lipinski definition) is 5. The summed E-state index contributed by atoms with van der Waals surface area (Å²) in [4.78, 5) is 35.7. The molecule has 1 aromatic heterocycles. The van der Waals surface area contributed by atoms with E-state index in [-0.39, 0.29) is 0 Å². The number of hydrogen-bond acceptors (Lipinski definition) is 5. The maximum atomic E-state index is 7.33. The van der Waals surface area contributed by atoms with E-state index in [0.717, 1.165) is 0 Å². The molecule has 0 amide bonds. The maximum absolute atomic E-state index is 7.33. The minimum atomic E-state index is -4.61. The van der Waals surface area contributed by atoms with Crippen molar-refractivity contribution in [3.8, 4) is 0 Å². The number of imidazole rings is 1. The quantitative estimate of drug-likeness (QED) is 0.280. The average molecular weight is 164 g/mol. The van der Waals surface area contributed by atoms with Gasteiger partial charge in [0, 0.05) is 12.4 Å². The highest BCUT2D eigenvalue weighted by molar-refractivity contribution is 6.46. The molecule has 5 N–H and O–H groups in total. The summed E-state index contributed by atoms with van der Waals surface area (Å²) in [5.74, 6) is 0. The lowest BCUT2D eigenvalue weighted by Gasteiger charge is -1.91. The molecule has 0 aliphatic heterocycles. The number of nitrogens with one attached hydrogen (secondary N) is 1. The van der Waals surface area contributed by atoms with Gasteiger partial charge in [-0.3, -0.25) is 0 Å². The van der Waals surface area contributed by atoms with Crippen LogP contribution in [0.15, 0.2) is 18.7 Å². The summed E-state index contributed by atoms with van der Waals surface area (Å²) in [6.07, 6.45) is 5.08. The minimum absolute atomic E-state index is 1.62. The first-order valence-electron chi connectivity index (χ1n) is 2.32. The lowest BCUT2D eigenvalue weighted by Crippen LogP contribution is -2.33. The fourth-order valence-corrected chi connectivity index (χ4v) is 0.215. The molecule has 1 heterocycles. The van der Waals surface area contributed by atoms with Gasteiger partial charge >= 0.3 is 9.05 Å². The fraction of sp³-hybridized carbons (Fsp3) is 0. The van der Waals surface area contributed by atoms with Gasteiger partial charge in [0.15, 0.2) is 0 Å². The van der Waals surface area contributed by atoms with Gasteiger partial charge in [0.05, 0.1) is 6.33 Å². The molecule has 0 bridgehead atoms. The Bertz CT molecular complexity index is 125. The van der Waals surface area contributed by atoms with Crippen molar-refractivity contribution in [2.75, 3.05) is 0 Å². The van der Waals surface area contributed by atoms with Gasteiger partial charge in [0.25, 0.3) is 0 Å². The van der Waals surface area contributed by atoms with Crippen molar-refractivity contribution in [2.24, 2.45) is 0 Å². The zero-order valence-corrected chi connectivity index (χ0v) is 5.97. The molecule has 0 saturated carbocycles. The lowest BCUT2D eigenvalue weighted by molar-refractivity contribution is 0.117. The second kappa shape index (κ2) is 4.14. The Labute approximate surface area is 57.9 Å². The van der Waals surface area contributed by atoms with Crippen LogP contribution in [0.25, 0.3) is 0 Å². The summed E-state index contributed by atoms with van der Waals surface area (Å²) in [6, 6.07) is 0. The Hall–Kier alpha value is -0.733. The summed E-state index contributed by atoms with van der Waals surface area (Å²) in [5.41, 5.74) is 0. The highest BCUT2D eigenvalue weighted by Gasteiger charge is 2.22. The van der Waals surface area contributed by atoms with E-state index in [0.29, 0.717) is 0 Å². The zero-order chi connectivity index (χ0) is 8.04. The average Bonchev–Trinajstić information content (AvgIpc) is 2.07. The number of H-pyrrole nitrogens is 1. The number of nitrogens with zero attached hydrogens (tertiary/aromatic N) is 1. The third-order valence-electron chi connectivity index (χ3n) is 0.406. The Kier molecular flexibility index (Phi) is 3.84. The van der Waals surface area contributed by atoms with Crippen LogP contribution in [0, 0.1) is 0 Å². The van der Waals surface area contributed by atoms with E-state index < -0.39 is 9.05 Å². The van der Waals surface area contributed by atoms with Gasteiger partial charge in [-0.05, 0) is 0 Å². The van der Waals surface area contributed by atoms with Crippen LogP contribution in [0.1, 0.15) is 0 Å². The lowest BCUT2D eigenvalue weighted by atomic mass is 11.0. The number of aromatic amines is 1. The Morgan fingerprint density at radius 3 is 1.80 bits per heavy atom. The molecule has 0 fully saturated rings. The molecule has 6 nitrogen and oxygen atoms in total. The van der Waals surface area contributed by atoms with Crippen molar-refractivity contribution in [2.45, 2.75) is 0 Å². The van der Waals surface area contributed by atoms with E-state index in [1.54, 1.807) is 18.7 Å². The van der Waals surface area contributed by atoms with Gasteiger partial charge in [-0.1, -0.05) is 0 Å². The van der Waals surface area contributed by atoms with Crippen molar-refractivity contribution in [3.05, 3.63) is 18.7 Å². The van der Waals surface area contributed by atoms with E-state index in [1.807, 2.05) is 0 Å². The Morgan fingerprint density at radius 1 is 1.20 bits per heavy atom. The SMILES string of the molecule is O[Si](O)(O)O.c1c[nH]cn1. The largest absolute Gasteiger partial charge is 0.668 e. The first-order valence-corrected chi connectivity index (χ1v) is 4.11. The molecular weight excluding hydrogens is 156 g/mol. The molecule has 0 aliphatic carbocycles. The normalized spacial score (nSPS) is 10.0. The molecule has 0 aliphatic rings. The summed E-state index contributed by atoms with van der Waals surface area (Å²) in [5, 5.41) is 0. The molecule has 10 heavy (non-hydrogen) atoms. The molecular formula is C3H8N2O4Si. The van der Waals surface area contributed by atoms with Crippen molar-refractivity contribution in [1.82, 2.24) is 9.97 Å². The fourth-order valence-electron chi connectivity index (χ4n) is 0.215. The van der Waals surface area contributed by atoms with Crippen molar-refractivity contribution in [3.63, 3.8) is 0 Å². The summed E-state index contributed by atoms with van der Waals surface area (Å²) >= 11 is 0. The van der Waals surface area contributed by atoms with Crippen LogP contribution in [0.4, 0.5) is 0 Å². The second-order valence-electron chi connectivity index (χ2n) is 1.36. The van der Waals surface area contributed by atoms with Crippen molar-refractivity contribution in [1.29, 1.82) is 0 Å². The molecule has 58 valence electrons. The van der Waals surface area contributed by atoms with Crippen LogP contribution in [0.5, 0.6) is 0 Å². The van der Waals surface area contributed by atoms with Gasteiger partial charge in [0.2, 0.25) is 0 Å². The number of aromatic nitrogens is 2. The molecule has 0 radical (unpaired) electrons. The molecule has 0 unspecified atom stereocenters. The molecule has 0 saturated heterocycles. The second-order valence-corrected chi connectivity index (χ2v) is 2.56. The molecule has 0 atom stereocenters. The highest BCUT2D eigenvalue weighted by atomic mass is 28.4.